The van der Waals surface area contributed by atoms with Crippen molar-refractivity contribution in [2.24, 2.45) is 5.92 Å². The van der Waals surface area contributed by atoms with Gasteiger partial charge in [-0.05, 0) is 24.5 Å². The Morgan fingerprint density at radius 2 is 2.33 bits per heavy atom. The molecule has 1 fully saturated rings. The molecule has 1 heterocycles. The molecule has 0 saturated heterocycles. The number of nitriles is 1. The fraction of sp³-hybridized carbons (Fsp3) is 0.500. The lowest BCUT2D eigenvalue weighted by Crippen LogP contribution is -2.19. The number of hydrogen-bond donors (Lipinski definition) is 0. The van der Waals surface area contributed by atoms with Crippen LogP contribution in [0.4, 0.5) is 5.69 Å². The van der Waals surface area contributed by atoms with Gasteiger partial charge in [0, 0.05) is 13.6 Å². The van der Waals surface area contributed by atoms with Crippen LogP contribution in [0.2, 0.25) is 0 Å². The second kappa shape index (κ2) is 4.31. The minimum Gasteiger partial charge on any atom is -0.373 e. The van der Waals surface area contributed by atoms with Crippen molar-refractivity contribution in [1.29, 1.82) is 5.26 Å². The zero-order chi connectivity index (χ0) is 10.7. The maximum Gasteiger partial charge on any atom is 0.140 e. The van der Waals surface area contributed by atoms with Crippen molar-refractivity contribution >= 4 is 5.69 Å². The predicted molar refractivity (Wildman–Crippen MR) is 59.6 cm³/mol. The Bertz CT molecular complexity index is 359. The Balaban J connectivity index is 1.92. The standard InChI is InChI=1S/C12H15N3/c1-15(7-6-10-2-3-10)12-5-4-11(8-13)14-9-12/h4-5,9-10H,2-3,6-7H2,1H3. The van der Waals surface area contributed by atoms with Gasteiger partial charge >= 0.3 is 0 Å². The Hall–Kier alpha value is -1.56. The molecule has 1 aliphatic carbocycles. The van der Waals surface area contributed by atoms with Gasteiger partial charge in [0.2, 0.25) is 0 Å². The van der Waals surface area contributed by atoms with E-state index >= 15 is 0 Å². The Morgan fingerprint density at radius 3 is 2.87 bits per heavy atom. The number of hydrogen-bond acceptors (Lipinski definition) is 3. The summed E-state index contributed by atoms with van der Waals surface area (Å²) >= 11 is 0. The van der Waals surface area contributed by atoms with Crippen molar-refractivity contribution in [3.8, 4) is 6.07 Å². The predicted octanol–water partition coefficient (Wildman–Crippen LogP) is 2.19. The van der Waals surface area contributed by atoms with Crippen LogP contribution in [0.15, 0.2) is 18.3 Å². The third-order valence-electron chi connectivity index (χ3n) is 2.87. The van der Waals surface area contributed by atoms with E-state index < -0.39 is 0 Å². The average molecular weight is 201 g/mol. The van der Waals surface area contributed by atoms with Crippen molar-refractivity contribution < 1.29 is 0 Å². The highest BCUT2D eigenvalue weighted by atomic mass is 15.1. The van der Waals surface area contributed by atoms with E-state index in [1.54, 1.807) is 12.3 Å². The summed E-state index contributed by atoms with van der Waals surface area (Å²) < 4.78 is 0. The van der Waals surface area contributed by atoms with Gasteiger partial charge in [-0.2, -0.15) is 5.26 Å². The van der Waals surface area contributed by atoms with Crippen molar-refractivity contribution in [3.63, 3.8) is 0 Å². The van der Waals surface area contributed by atoms with Gasteiger partial charge in [0.25, 0.3) is 0 Å². The second-order valence-electron chi connectivity index (χ2n) is 4.17. The van der Waals surface area contributed by atoms with Crippen LogP contribution in [0.3, 0.4) is 0 Å². The van der Waals surface area contributed by atoms with Crippen LogP contribution in [-0.2, 0) is 0 Å². The maximum absolute atomic E-state index is 8.63. The summed E-state index contributed by atoms with van der Waals surface area (Å²) in [5.41, 5.74) is 1.57. The first-order valence-electron chi connectivity index (χ1n) is 5.37. The lowest BCUT2D eigenvalue weighted by molar-refractivity contribution is 0.710. The molecule has 0 N–H and O–H groups in total. The molecule has 3 heteroatoms. The molecule has 0 aromatic carbocycles. The fourth-order valence-electron chi connectivity index (χ4n) is 1.59. The van der Waals surface area contributed by atoms with Gasteiger partial charge < -0.3 is 4.90 Å². The van der Waals surface area contributed by atoms with Gasteiger partial charge in [-0.1, -0.05) is 12.8 Å². The third-order valence-corrected chi connectivity index (χ3v) is 2.87. The molecule has 3 nitrogen and oxygen atoms in total. The SMILES string of the molecule is CN(CCC1CC1)c1ccc(C#N)nc1. The fourth-order valence-corrected chi connectivity index (χ4v) is 1.59. The Labute approximate surface area is 90.4 Å². The number of nitrogens with zero attached hydrogens (tertiary/aromatic N) is 3. The summed E-state index contributed by atoms with van der Waals surface area (Å²) in [7, 11) is 2.07. The Kier molecular flexibility index (Phi) is 2.86. The van der Waals surface area contributed by atoms with E-state index in [9.17, 15) is 0 Å². The number of aromatic nitrogens is 1. The molecule has 1 aromatic rings. The van der Waals surface area contributed by atoms with Gasteiger partial charge in [0.05, 0.1) is 11.9 Å². The van der Waals surface area contributed by atoms with E-state index in [1.807, 2.05) is 12.1 Å². The molecule has 15 heavy (non-hydrogen) atoms. The molecule has 0 amide bonds. The molecule has 1 aromatic heterocycles. The monoisotopic (exact) mass is 201 g/mol. The molecule has 0 atom stereocenters. The molecular formula is C12H15N3. The third kappa shape index (κ3) is 2.69. The van der Waals surface area contributed by atoms with Crippen molar-refractivity contribution in [2.45, 2.75) is 19.3 Å². The molecule has 0 aliphatic heterocycles. The summed E-state index contributed by atoms with van der Waals surface area (Å²) in [6.07, 6.45) is 5.85. The van der Waals surface area contributed by atoms with Gasteiger partial charge in [0.1, 0.15) is 11.8 Å². The molecule has 0 bridgehead atoms. The van der Waals surface area contributed by atoms with Crippen LogP contribution < -0.4 is 4.90 Å². The summed E-state index contributed by atoms with van der Waals surface area (Å²) in [5.74, 6) is 0.957. The van der Waals surface area contributed by atoms with Gasteiger partial charge in [-0.25, -0.2) is 4.98 Å². The van der Waals surface area contributed by atoms with E-state index in [-0.39, 0.29) is 0 Å². The molecule has 0 unspecified atom stereocenters. The molecule has 0 radical (unpaired) electrons. The average Bonchev–Trinajstić information content (AvgIpc) is 3.10. The minimum atomic E-state index is 0.481. The van der Waals surface area contributed by atoms with E-state index in [0.29, 0.717) is 5.69 Å². The first kappa shape index (κ1) is 9.97. The van der Waals surface area contributed by atoms with Gasteiger partial charge in [-0.15, -0.1) is 0 Å². The highest BCUT2D eigenvalue weighted by molar-refractivity contribution is 5.44. The Morgan fingerprint density at radius 1 is 1.53 bits per heavy atom. The molecule has 78 valence electrons. The molecule has 1 saturated carbocycles. The minimum absolute atomic E-state index is 0.481. The number of pyridine rings is 1. The van der Waals surface area contributed by atoms with Crippen molar-refractivity contribution in [1.82, 2.24) is 4.98 Å². The lowest BCUT2D eigenvalue weighted by atomic mass is 10.2. The van der Waals surface area contributed by atoms with Crippen LogP contribution in [0.25, 0.3) is 0 Å². The normalized spacial score (nSPS) is 14.7. The summed E-state index contributed by atoms with van der Waals surface area (Å²) in [6.45, 7) is 1.08. The summed E-state index contributed by atoms with van der Waals surface area (Å²) in [5, 5.41) is 8.63. The van der Waals surface area contributed by atoms with Crippen molar-refractivity contribution in [3.05, 3.63) is 24.0 Å². The largest absolute Gasteiger partial charge is 0.373 e. The van der Waals surface area contributed by atoms with Crippen LogP contribution in [-0.4, -0.2) is 18.6 Å². The van der Waals surface area contributed by atoms with Crippen LogP contribution >= 0.6 is 0 Å². The summed E-state index contributed by atoms with van der Waals surface area (Å²) in [6, 6.07) is 5.75. The topological polar surface area (TPSA) is 39.9 Å². The molecule has 1 aliphatic rings. The first-order chi connectivity index (χ1) is 7.29. The zero-order valence-electron chi connectivity index (χ0n) is 8.98. The van der Waals surface area contributed by atoms with E-state index in [2.05, 4.69) is 16.9 Å². The first-order valence-corrected chi connectivity index (χ1v) is 5.37. The molecular weight excluding hydrogens is 186 g/mol. The van der Waals surface area contributed by atoms with E-state index in [4.69, 9.17) is 5.26 Å². The van der Waals surface area contributed by atoms with Gasteiger partial charge in [0.15, 0.2) is 0 Å². The molecule has 0 spiro atoms. The van der Waals surface area contributed by atoms with Crippen LogP contribution in [0.5, 0.6) is 0 Å². The van der Waals surface area contributed by atoms with Gasteiger partial charge in [-0.3, -0.25) is 0 Å². The summed E-state index contributed by atoms with van der Waals surface area (Å²) in [4.78, 5) is 6.26. The highest BCUT2D eigenvalue weighted by Crippen LogP contribution is 2.32. The number of anilines is 1. The molecule has 2 rings (SSSR count). The highest BCUT2D eigenvalue weighted by Gasteiger charge is 2.21. The van der Waals surface area contributed by atoms with E-state index in [0.717, 1.165) is 18.2 Å². The van der Waals surface area contributed by atoms with E-state index in [1.165, 1.54) is 19.3 Å². The second-order valence-corrected chi connectivity index (χ2v) is 4.17. The smallest absolute Gasteiger partial charge is 0.140 e. The quantitative estimate of drug-likeness (QED) is 0.749. The maximum atomic E-state index is 8.63. The lowest BCUT2D eigenvalue weighted by Gasteiger charge is -2.18. The van der Waals surface area contributed by atoms with Crippen LogP contribution in [0, 0.1) is 17.2 Å². The van der Waals surface area contributed by atoms with Crippen molar-refractivity contribution in [2.75, 3.05) is 18.5 Å². The van der Waals surface area contributed by atoms with Crippen LogP contribution in [0.1, 0.15) is 25.0 Å². The number of rotatable bonds is 4. The zero-order valence-corrected chi connectivity index (χ0v) is 8.98.